The van der Waals surface area contributed by atoms with Crippen LogP contribution in [0.4, 0.5) is 10.3 Å². The van der Waals surface area contributed by atoms with E-state index >= 15 is 0 Å². The van der Waals surface area contributed by atoms with Crippen molar-refractivity contribution in [3.63, 3.8) is 0 Å². The quantitative estimate of drug-likeness (QED) is 0.489. The Kier molecular flexibility index (Phi) is 5.44. The van der Waals surface area contributed by atoms with Crippen molar-refractivity contribution < 1.29 is 13.9 Å². The van der Waals surface area contributed by atoms with Crippen molar-refractivity contribution >= 4 is 23.5 Å². The van der Waals surface area contributed by atoms with Crippen molar-refractivity contribution in [3.05, 3.63) is 77.0 Å². The fraction of sp³-hybridized carbons (Fsp3) is 0.100. The van der Waals surface area contributed by atoms with E-state index in [-0.39, 0.29) is 18.2 Å². The van der Waals surface area contributed by atoms with Gasteiger partial charge in [0.15, 0.2) is 0 Å². The van der Waals surface area contributed by atoms with Crippen LogP contribution in [0.25, 0.3) is 11.3 Å². The molecule has 2 N–H and O–H groups in total. The Balaban J connectivity index is 1.44. The lowest BCUT2D eigenvalue weighted by Crippen LogP contribution is -2.14. The van der Waals surface area contributed by atoms with Crippen LogP contribution >= 0.6 is 11.6 Å². The van der Waals surface area contributed by atoms with Crippen LogP contribution in [0.3, 0.4) is 0 Å². The first kappa shape index (κ1) is 19.6. The molecule has 0 fully saturated rings. The second-order valence-corrected chi connectivity index (χ2v) is 6.72. The number of nitrogens with zero attached hydrogens (tertiary/aromatic N) is 4. The summed E-state index contributed by atoms with van der Waals surface area (Å²) in [6.45, 7) is 0.0834. The third-order valence-electron chi connectivity index (χ3n) is 4.35. The Morgan fingerprint density at radius 1 is 1.27 bits per heavy atom. The van der Waals surface area contributed by atoms with Crippen LogP contribution in [0.1, 0.15) is 16.1 Å². The average Bonchev–Trinajstić information content (AvgIpc) is 3.41. The van der Waals surface area contributed by atoms with Gasteiger partial charge in [-0.05, 0) is 42.5 Å². The van der Waals surface area contributed by atoms with Gasteiger partial charge in [0.2, 0.25) is 5.95 Å². The summed E-state index contributed by atoms with van der Waals surface area (Å²) < 4.78 is 20.4. The van der Waals surface area contributed by atoms with Gasteiger partial charge < -0.3 is 4.74 Å². The second kappa shape index (κ2) is 8.34. The number of hydrogen-bond acceptors (Lipinski definition) is 5. The Hall–Kier alpha value is -3.72. The molecular formula is C20H16ClFN6O2. The zero-order valence-corrected chi connectivity index (χ0v) is 16.5. The molecule has 2 aromatic heterocycles. The second-order valence-electron chi connectivity index (χ2n) is 6.32. The first-order chi connectivity index (χ1) is 14.5. The maximum absolute atomic E-state index is 13.9. The number of rotatable bonds is 6. The zero-order chi connectivity index (χ0) is 21.1. The van der Waals surface area contributed by atoms with E-state index in [0.717, 1.165) is 11.3 Å². The van der Waals surface area contributed by atoms with E-state index in [0.29, 0.717) is 16.3 Å². The van der Waals surface area contributed by atoms with E-state index in [1.54, 1.807) is 19.2 Å². The molecule has 1 amide bonds. The molecule has 0 radical (unpaired) electrons. The lowest BCUT2D eigenvalue weighted by Gasteiger charge is -2.05. The van der Waals surface area contributed by atoms with Gasteiger partial charge >= 0.3 is 0 Å². The van der Waals surface area contributed by atoms with E-state index in [9.17, 15) is 9.18 Å². The minimum atomic E-state index is -0.455. The number of ether oxygens (including phenoxy) is 1. The molecule has 0 bridgehead atoms. The van der Waals surface area contributed by atoms with Crippen LogP contribution in [0.15, 0.2) is 54.9 Å². The zero-order valence-electron chi connectivity index (χ0n) is 15.8. The number of methoxy groups -OCH3 is 1. The number of anilines is 1. The predicted molar refractivity (Wildman–Crippen MR) is 109 cm³/mol. The molecule has 2 heterocycles. The molecule has 0 aliphatic carbocycles. The van der Waals surface area contributed by atoms with E-state index in [2.05, 4.69) is 25.6 Å². The lowest BCUT2D eigenvalue weighted by molar-refractivity contribution is 0.102. The first-order valence-corrected chi connectivity index (χ1v) is 9.25. The smallest absolute Gasteiger partial charge is 0.276 e. The SMILES string of the molecule is COc1ccc(-c2cc(C(=O)Nc3ncn(Cc4c(F)cccc4Cl)n3)[nH]n2)cc1. The number of carbonyl (C=O) groups excluding carboxylic acids is 1. The summed E-state index contributed by atoms with van der Waals surface area (Å²) in [5, 5.41) is 13.9. The highest BCUT2D eigenvalue weighted by Gasteiger charge is 2.14. The molecule has 8 nitrogen and oxygen atoms in total. The van der Waals surface area contributed by atoms with Gasteiger partial charge in [-0.2, -0.15) is 5.10 Å². The number of aromatic amines is 1. The fourth-order valence-corrected chi connectivity index (χ4v) is 3.01. The van der Waals surface area contributed by atoms with Gasteiger partial charge in [-0.1, -0.05) is 17.7 Å². The number of aromatic nitrogens is 5. The van der Waals surface area contributed by atoms with Gasteiger partial charge in [0.1, 0.15) is 23.6 Å². The van der Waals surface area contributed by atoms with Gasteiger partial charge in [0.05, 0.1) is 19.3 Å². The summed E-state index contributed by atoms with van der Waals surface area (Å²) in [7, 11) is 1.59. The summed E-state index contributed by atoms with van der Waals surface area (Å²) in [5.41, 5.74) is 1.97. The van der Waals surface area contributed by atoms with Crippen molar-refractivity contribution in [1.29, 1.82) is 0 Å². The molecule has 0 spiro atoms. The van der Waals surface area contributed by atoms with Crippen LogP contribution in [-0.2, 0) is 6.54 Å². The van der Waals surface area contributed by atoms with Crippen molar-refractivity contribution in [3.8, 4) is 17.0 Å². The van der Waals surface area contributed by atoms with Crippen molar-refractivity contribution in [2.45, 2.75) is 6.54 Å². The van der Waals surface area contributed by atoms with Crippen LogP contribution < -0.4 is 10.1 Å². The molecule has 0 saturated heterocycles. The monoisotopic (exact) mass is 426 g/mol. The number of nitrogens with one attached hydrogen (secondary N) is 2. The standard InChI is InChI=1S/C20H16ClFN6O2/c1-30-13-7-5-12(6-8-13)17-9-18(26-25-17)19(29)24-20-23-11-28(27-20)10-14-15(21)3-2-4-16(14)22/h2-9,11H,10H2,1H3,(H,25,26)(H,24,27,29). The summed E-state index contributed by atoms with van der Waals surface area (Å²) in [6.07, 6.45) is 1.38. The Labute approximate surface area is 175 Å². The third kappa shape index (κ3) is 4.15. The lowest BCUT2D eigenvalue weighted by atomic mass is 10.1. The third-order valence-corrected chi connectivity index (χ3v) is 4.71. The molecule has 0 saturated carbocycles. The van der Waals surface area contributed by atoms with E-state index in [1.807, 2.05) is 24.3 Å². The van der Waals surface area contributed by atoms with Crippen molar-refractivity contribution in [2.24, 2.45) is 0 Å². The normalized spacial score (nSPS) is 10.8. The molecular weight excluding hydrogens is 411 g/mol. The molecule has 30 heavy (non-hydrogen) atoms. The van der Waals surface area contributed by atoms with Crippen LogP contribution in [0.2, 0.25) is 5.02 Å². The minimum Gasteiger partial charge on any atom is -0.497 e. The Morgan fingerprint density at radius 2 is 2.07 bits per heavy atom. The molecule has 0 aliphatic rings. The van der Waals surface area contributed by atoms with Crippen LogP contribution in [0.5, 0.6) is 5.75 Å². The first-order valence-electron chi connectivity index (χ1n) is 8.87. The number of H-pyrrole nitrogens is 1. The molecule has 4 aromatic rings. The topological polar surface area (TPSA) is 97.7 Å². The molecule has 2 aromatic carbocycles. The number of amides is 1. The highest BCUT2D eigenvalue weighted by Crippen LogP contribution is 2.22. The molecule has 0 unspecified atom stereocenters. The summed E-state index contributed by atoms with van der Waals surface area (Å²) in [4.78, 5) is 16.5. The Bertz CT molecular complexity index is 1170. The molecule has 10 heteroatoms. The number of hydrogen-bond donors (Lipinski definition) is 2. The van der Waals surface area contributed by atoms with Crippen molar-refractivity contribution in [2.75, 3.05) is 12.4 Å². The van der Waals surface area contributed by atoms with Gasteiger partial charge in [-0.25, -0.2) is 14.1 Å². The molecule has 152 valence electrons. The van der Waals surface area contributed by atoms with E-state index in [4.69, 9.17) is 16.3 Å². The number of benzene rings is 2. The maximum atomic E-state index is 13.9. The van der Waals surface area contributed by atoms with E-state index in [1.165, 1.54) is 23.1 Å². The van der Waals surface area contributed by atoms with Crippen molar-refractivity contribution in [1.82, 2.24) is 25.0 Å². The summed E-state index contributed by atoms with van der Waals surface area (Å²) >= 11 is 6.03. The molecule has 0 atom stereocenters. The highest BCUT2D eigenvalue weighted by molar-refractivity contribution is 6.31. The number of halogens is 2. The van der Waals surface area contributed by atoms with Crippen LogP contribution in [-0.4, -0.2) is 38.0 Å². The Morgan fingerprint density at radius 3 is 2.80 bits per heavy atom. The maximum Gasteiger partial charge on any atom is 0.276 e. The predicted octanol–water partition coefficient (Wildman–Crippen LogP) is 3.77. The summed E-state index contributed by atoms with van der Waals surface area (Å²) in [6, 6.07) is 13.4. The molecule has 4 rings (SSSR count). The largest absolute Gasteiger partial charge is 0.497 e. The average molecular weight is 427 g/mol. The minimum absolute atomic E-state index is 0.0769. The van der Waals surface area contributed by atoms with Gasteiger partial charge in [-0.3, -0.25) is 15.2 Å². The summed E-state index contributed by atoms with van der Waals surface area (Å²) in [5.74, 6) is -0.0883. The fourth-order valence-electron chi connectivity index (χ4n) is 2.79. The highest BCUT2D eigenvalue weighted by atomic mass is 35.5. The van der Waals surface area contributed by atoms with E-state index < -0.39 is 11.7 Å². The number of carbonyl (C=O) groups is 1. The molecule has 0 aliphatic heterocycles. The van der Waals surface area contributed by atoms with Gasteiger partial charge in [0, 0.05) is 16.1 Å². The van der Waals surface area contributed by atoms with Gasteiger partial charge in [0.25, 0.3) is 5.91 Å². The van der Waals surface area contributed by atoms with Gasteiger partial charge in [-0.15, -0.1) is 5.10 Å². The van der Waals surface area contributed by atoms with Crippen LogP contribution in [0, 0.1) is 5.82 Å².